The second-order valence-corrected chi connectivity index (χ2v) is 9.43. The van der Waals surface area contributed by atoms with Gasteiger partial charge in [-0.3, -0.25) is 4.90 Å². The maximum atomic E-state index is 10.5. The summed E-state index contributed by atoms with van der Waals surface area (Å²) in [6, 6.07) is 16.9. The van der Waals surface area contributed by atoms with Gasteiger partial charge < -0.3 is 9.84 Å². The van der Waals surface area contributed by atoms with Crippen molar-refractivity contribution in [2.75, 3.05) is 13.1 Å². The number of hydrogen-bond acceptors (Lipinski definition) is 3. The minimum atomic E-state index is 0.0919. The summed E-state index contributed by atoms with van der Waals surface area (Å²) in [5.41, 5.74) is 3.95. The van der Waals surface area contributed by atoms with Crippen molar-refractivity contribution in [2.24, 2.45) is 5.41 Å². The van der Waals surface area contributed by atoms with E-state index in [4.69, 9.17) is 4.74 Å². The van der Waals surface area contributed by atoms with Gasteiger partial charge in [0, 0.05) is 18.0 Å². The van der Waals surface area contributed by atoms with Crippen LogP contribution in [-0.4, -0.2) is 35.2 Å². The Balaban J connectivity index is 1.51. The van der Waals surface area contributed by atoms with E-state index in [9.17, 15) is 5.11 Å². The molecule has 1 fully saturated rings. The minimum absolute atomic E-state index is 0.0919. The molecule has 1 unspecified atom stereocenters. The number of phenols is 1. The van der Waals surface area contributed by atoms with Crippen LogP contribution in [0, 0.1) is 5.41 Å². The number of likely N-dealkylation sites (tertiary alicyclic amines) is 1. The van der Waals surface area contributed by atoms with E-state index in [0.717, 1.165) is 31.5 Å². The first-order chi connectivity index (χ1) is 13.3. The zero-order chi connectivity index (χ0) is 19.9. The maximum absolute atomic E-state index is 10.5. The number of rotatable bonds is 5. The molecule has 3 atom stereocenters. The van der Waals surface area contributed by atoms with E-state index < -0.39 is 0 Å². The lowest BCUT2D eigenvalue weighted by Crippen LogP contribution is -2.64. The van der Waals surface area contributed by atoms with Gasteiger partial charge in [0.2, 0.25) is 0 Å². The zero-order valence-electron chi connectivity index (χ0n) is 17.6. The summed E-state index contributed by atoms with van der Waals surface area (Å²) >= 11 is 0. The first-order valence-electron chi connectivity index (χ1n) is 10.5. The second kappa shape index (κ2) is 7.20. The van der Waals surface area contributed by atoms with Gasteiger partial charge in [-0.1, -0.05) is 63.2 Å². The van der Waals surface area contributed by atoms with Crippen molar-refractivity contribution in [1.82, 2.24) is 4.90 Å². The van der Waals surface area contributed by atoms with Gasteiger partial charge in [0.15, 0.2) is 0 Å². The van der Waals surface area contributed by atoms with Crippen molar-refractivity contribution in [3.05, 3.63) is 65.2 Å². The highest BCUT2D eigenvalue weighted by atomic mass is 16.5. The number of hydrogen-bond donors (Lipinski definition) is 1. The lowest BCUT2D eigenvalue weighted by Gasteiger charge is -2.61. The molecule has 150 valence electrons. The van der Waals surface area contributed by atoms with E-state index in [2.05, 4.69) is 62.9 Å². The molecule has 3 nitrogen and oxygen atoms in total. The minimum Gasteiger partial charge on any atom is -0.508 e. The zero-order valence-corrected chi connectivity index (χ0v) is 17.6. The van der Waals surface area contributed by atoms with Gasteiger partial charge in [0.05, 0.1) is 12.7 Å². The fourth-order valence-electron chi connectivity index (χ4n) is 5.45. The normalized spacial score (nSPS) is 27.2. The van der Waals surface area contributed by atoms with E-state index in [1.807, 2.05) is 18.2 Å². The Hall–Kier alpha value is -1.84. The number of ether oxygens (including phenoxy) is 1. The molecule has 1 heterocycles. The summed E-state index contributed by atoms with van der Waals surface area (Å²) < 4.78 is 6.16. The molecule has 2 aromatic carbocycles. The molecule has 2 aromatic rings. The molecule has 0 amide bonds. The Kier molecular flexibility index (Phi) is 5.01. The van der Waals surface area contributed by atoms with Crippen molar-refractivity contribution in [3.8, 4) is 5.75 Å². The molecule has 0 saturated carbocycles. The van der Waals surface area contributed by atoms with Gasteiger partial charge in [0.25, 0.3) is 0 Å². The van der Waals surface area contributed by atoms with Gasteiger partial charge in [-0.25, -0.2) is 0 Å². The van der Waals surface area contributed by atoms with Crippen LogP contribution in [0.3, 0.4) is 0 Å². The van der Waals surface area contributed by atoms with Crippen LogP contribution in [0.1, 0.15) is 50.8 Å². The summed E-state index contributed by atoms with van der Waals surface area (Å²) in [5.74, 6) is 0.458. The summed E-state index contributed by atoms with van der Waals surface area (Å²) in [6.45, 7) is 12.1. The third-order valence-electron chi connectivity index (χ3n) is 7.61. The third-order valence-corrected chi connectivity index (χ3v) is 7.61. The Morgan fingerprint density at radius 2 is 1.86 bits per heavy atom. The number of phenolic OH excluding ortho intramolecular Hbond substituents is 1. The Morgan fingerprint density at radius 3 is 2.61 bits per heavy atom. The highest BCUT2D eigenvalue weighted by molar-refractivity contribution is 5.48. The largest absolute Gasteiger partial charge is 0.508 e. The molecule has 1 N–H and O–H groups in total. The molecular weight excluding hydrogens is 346 g/mol. The van der Waals surface area contributed by atoms with Gasteiger partial charge >= 0.3 is 0 Å². The number of benzene rings is 2. The van der Waals surface area contributed by atoms with Crippen molar-refractivity contribution in [3.63, 3.8) is 0 Å². The molecule has 3 heteroatoms. The maximum Gasteiger partial charge on any atom is 0.119 e. The first kappa shape index (κ1) is 19.5. The van der Waals surface area contributed by atoms with Crippen LogP contribution in [0.5, 0.6) is 5.75 Å². The number of aromatic hydroxyl groups is 1. The topological polar surface area (TPSA) is 32.7 Å². The first-order valence-corrected chi connectivity index (χ1v) is 10.5. The van der Waals surface area contributed by atoms with Gasteiger partial charge in [-0.15, -0.1) is 0 Å². The molecule has 1 aliphatic heterocycles. The lowest BCUT2D eigenvalue weighted by molar-refractivity contribution is -0.0651. The van der Waals surface area contributed by atoms with Crippen molar-refractivity contribution in [1.29, 1.82) is 0 Å². The van der Waals surface area contributed by atoms with Crippen LogP contribution in [0.25, 0.3) is 0 Å². The number of nitrogens with zero attached hydrogens (tertiary/aromatic N) is 1. The number of fused-ring (bicyclic) bond motifs is 4. The van der Waals surface area contributed by atoms with Crippen LogP contribution in [-0.2, 0) is 23.2 Å². The van der Waals surface area contributed by atoms with Crippen molar-refractivity contribution >= 4 is 0 Å². The van der Waals surface area contributed by atoms with E-state index in [1.165, 1.54) is 11.1 Å². The van der Waals surface area contributed by atoms with Crippen molar-refractivity contribution in [2.45, 2.75) is 64.7 Å². The van der Waals surface area contributed by atoms with Crippen LogP contribution in [0.15, 0.2) is 48.5 Å². The standard InChI is InChI=1S/C25H33NO2/c1-18(28-17-19-9-6-5-7-10-19)16-26-14-13-25(4)21-11-8-12-22(27)20(21)15-23(26)24(25,2)3/h5-12,18,23,27H,13-17H2,1-4H3/t18-,23+,25?/m1/s1. The molecule has 1 aliphatic carbocycles. The number of piperidine rings is 1. The lowest BCUT2D eigenvalue weighted by atomic mass is 9.51. The molecule has 2 bridgehead atoms. The molecule has 1 saturated heterocycles. The van der Waals surface area contributed by atoms with Gasteiger partial charge in [0.1, 0.15) is 5.75 Å². The van der Waals surface area contributed by atoms with Gasteiger partial charge in [-0.05, 0) is 54.5 Å². The molecule has 4 rings (SSSR count). The summed E-state index contributed by atoms with van der Waals surface area (Å²) in [5, 5.41) is 10.5. The van der Waals surface area contributed by atoms with Crippen LogP contribution in [0.4, 0.5) is 0 Å². The van der Waals surface area contributed by atoms with E-state index in [1.54, 1.807) is 0 Å². The average Bonchev–Trinajstić information content (AvgIpc) is 2.67. The average molecular weight is 380 g/mol. The molecule has 28 heavy (non-hydrogen) atoms. The molecule has 0 aromatic heterocycles. The summed E-state index contributed by atoms with van der Waals surface area (Å²) in [7, 11) is 0. The quantitative estimate of drug-likeness (QED) is 0.801. The van der Waals surface area contributed by atoms with Gasteiger partial charge in [-0.2, -0.15) is 0 Å². The van der Waals surface area contributed by atoms with E-state index >= 15 is 0 Å². The fourth-order valence-corrected chi connectivity index (χ4v) is 5.45. The monoisotopic (exact) mass is 379 g/mol. The Labute approximate surface area is 169 Å². The SMILES string of the molecule is C[C@H](CN1CCC2(C)c3cccc(O)c3C[C@H]1C2(C)C)OCc1ccccc1. The molecular formula is C25H33NO2. The molecule has 2 aliphatic rings. The molecule has 0 spiro atoms. The summed E-state index contributed by atoms with van der Waals surface area (Å²) in [6.07, 6.45) is 2.19. The Bertz CT molecular complexity index is 832. The highest BCUT2D eigenvalue weighted by Gasteiger charge is 2.56. The van der Waals surface area contributed by atoms with Crippen LogP contribution in [0.2, 0.25) is 0 Å². The second-order valence-electron chi connectivity index (χ2n) is 9.43. The van der Waals surface area contributed by atoms with Crippen molar-refractivity contribution < 1.29 is 9.84 Å². The van der Waals surface area contributed by atoms with Crippen LogP contribution >= 0.6 is 0 Å². The highest BCUT2D eigenvalue weighted by Crippen LogP contribution is 2.57. The fraction of sp³-hybridized carbons (Fsp3) is 0.520. The molecule has 0 radical (unpaired) electrons. The smallest absolute Gasteiger partial charge is 0.119 e. The van der Waals surface area contributed by atoms with E-state index in [-0.39, 0.29) is 16.9 Å². The predicted octanol–water partition coefficient (Wildman–Crippen LogP) is 4.91. The van der Waals surface area contributed by atoms with E-state index in [0.29, 0.717) is 18.4 Å². The predicted molar refractivity (Wildman–Crippen MR) is 114 cm³/mol. The Morgan fingerprint density at radius 1 is 1.11 bits per heavy atom. The summed E-state index contributed by atoms with van der Waals surface area (Å²) in [4.78, 5) is 2.60. The third kappa shape index (κ3) is 3.15. The van der Waals surface area contributed by atoms with Crippen LogP contribution < -0.4 is 0 Å².